The van der Waals surface area contributed by atoms with E-state index in [1.54, 1.807) is 13.2 Å². The molecule has 24 heavy (non-hydrogen) atoms. The average Bonchev–Trinajstić information content (AvgIpc) is 2.50. The van der Waals surface area contributed by atoms with Gasteiger partial charge in [0.05, 0.1) is 11.9 Å². The molecular weight excluding hydrogens is 328 g/mol. The normalized spacial score (nSPS) is 11.3. The molecule has 0 saturated heterocycles. The second-order valence-corrected chi connectivity index (χ2v) is 7.76. The van der Waals surface area contributed by atoms with Gasteiger partial charge >= 0.3 is 0 Å². The molecule has 0 saturated carbocycles. The summed E-state index contributed by atoms with van der Waals surface area (Å²) in [5.74, 6) is -0.0690. The molecule has 0 aromatic heterocycles. The minimum absolute atomic E-state index is 0.0690. The van der Waals surface area contributed by atoms with Crippen LogP contribution in [0.1, 0.15) is 30.4 Å². The monoisotopic (exact) mass is 356 g/mol. The summed E-state index contributed by atoms with van der Waals surface area (Å²) in [6.07, 6.45) is 2.72. The van der Waals surface area contributed by atoms with Gasteiger partial charge in [-0.05, 0) is 43.9 Å². The average molecular weight is 356 g/mol. The zero-order valence-electron chi connectivity index (χ0n) is 15.0. The Hall–Kier alpha value is -1.60. The van der Waals surface area contributed by atoms with Gasteiger partial charge < -0.3 is 10.1 Å². The van der Waals surface area contributed by atoms with E-state index in [2.05, 4.69) is 5.32 Å². The Kier molecular flexibility index (Phi) is 8.21. The standard InChI is InChI=1S/C17H28N2O4S/c1-14-8-5-9-16(15(14)2)19(24(4,21)22)12-6-10-17(20)18-11-7-13-23-3/h5,8-9H,6-7,10-13H2,1-4H3,(H,18,20). The van der Waals surface area contributed by atoms with Crippen molar-refractivity contribution in [2.75, 3.05) is 37.4 Å². The molecule has 0 aliphatic heterocycles. The lowest BCUT2D eigenvalue weighted by molar-refractivity contribution is -0.121. The van der Waals surface area contributed by atoms with Gasteiger partial charge in [0.1, 0.15) is 0 Å². The third kappa shape index (κ3) is 6.49. The van der Waals surface area contributed by atoms with Crippen LogP contribution in [-0.4, -0.2) is 47.4 Å². The molecule has 1 amide bonds. The molecule has 1 aromatic carbocycles. The largest absolute Gasteiger partial charge is 0.385 e. The lowest BCUT2D eigenvalue weighted by atomic mass is 10.1. The molecule has 1 aromatic rings. The zero-order chi connectivity index (χ0) is 18.2. The molecule has 0 fully saturated rings. The minimum atomic E-state index is -3.39. The van der Waals surface area contributed by atoms with Crippen LogP contribution >= 0.6 is 0 Å². The molecule has 0 aliphatic rings. The quantitative estimate of drug-likeness (QED) is 0.651. The molecule has 136 valence electrons. The second-order valence-electron chi connectivity index (χ2n) is 5.85. The number of benzene rings is 1. The second kappa shape index (κ2) is 9.64. The molecule has 0 atom stereocenters. The number of carbonyl (C=O) groups excluding carboxylic acids is 1. The van der Waals surface area contributed by atoms with Crippen molar-refractivity contribution in [3.63, 3.8) is 0 Å². The van der Waals surface area contributed by atoms with Crippen LogP contribution < -0.4 is 9.62 Å². The van der Waals surface area contributed by atoms with Crippen molar-refractivity contribution in [3.8, 4) is 0 Å². The highest BCUT2D eigenvalue weighted by Gasteiger charge is 2.19. The lowest BCUT2D eigenvalue weighted by Gasteiger charge is -2.24. The Morgan fingerprint density at radius 2 is 1.96 bits per heavy atom. The van der Waals surface area contributed by atoms with Crippen LogP contribution in [0, 0.1) is 13.8 Å². The van der Waals surface area contributed by atoms with Crippen molar-refractivity contribution in [2.24, 2.45) is 0 Å². The first-order valence-corrected chi connectivity index (χ1v) is 9.91. The van der Waals surface area contributed by atoms with Crippen molar-refractivity contribution >= 4 is 21.6 Å². The molecule has 0 spiro atoms. The van der Waals surface area contributed by atoms with E-state index in [0.29, 0.717) is 31.7 Å². The van der Waals surface area contributed by atoms with E-state index in [0.717, 1.165) is 17.5 Å². The topological polar surface area (TPSA) is 75.7 Å². The number of amides is 1. The number of carbonyl (C=O) groups is 1. The number of sulfonamides is 1. The van der Waals surface area contributed by atoms with Gasteiger partial charge in [0.25, 0.3) is 0 Å². The maximum absolute atomic E-state index is 12.1. The van der Waals surface area contributed by atoms with Crippen LogP contribution in [0.3, 0.4) is 0 Å². The summed E-state index contributed by atoms with van der Waals surface area (Å²) in [6.45, 7) is 5.32. The van der Waals surface area contributed by atoms with E-state index in [1.807, 2.05) is 26.0 Å². The SMILES string of the molecule is COCCCNC(=O)CCCN(c1cccc(C)c1C)S(C)(=O)=O. The van der Waals surface area contributed by atoms with E-state index >= 15 is 0 Å². The third-order valence-electron chi connectivity index (χ3n) is 3.86. The first kappa shape index (κ1) is 20.4. The van der Waals surface area contributed by atoms with Gasteiger partial charge in [-0.3, -0.25) is 9.10 Å². The maximum Gasteiger partial charge on any atom is 0.232 e. The summed E-state index contributed by atoms with van der Waals surface area (Å²) in [6, 6.07) is 5.60. The van der Waals surface area contributed by atoms with Gasteiger partial charge in [0, 0.05) is 33.2 Å². The smallest absolute Gasteiger partial charge is 0.232 e. The lowest BCUT2D eigenvalue weighted by Crippen LogP contribution is -2.33. The predicted molar refractivity (Wildman–Crippen MR) is 96.8 cm³/mol. The number of nitrogens with zero attached hydrogens (tertiary/aromatic N) is 1. The van der Waals surface area contributed by atoms with Crippen molar-refractivity contribution in [3.05, 3.63) is 29.3 Å². The first-order chi connectivity index (χ1) is 11.3. The molecule has 1 N–H and O–H groups in total. The number of aryl methyl sites for hydroxylation is 1. The molecule has 6 nitrogen and oxygen atoms in total. The molecule has 0 bridgehead atoms. The Bertz CT molecular complexity index is 644. The minimum Gasteiger partial charge on any atom is -0.385 e. The van der Waals surface area contributed by atoms with Crippen LogP contribution in [-0.2, 0) is 19.6 Å². The van der Waals surface area contributed by atoms with Crippen LogP contribution in [0.2, 0.25) is 0 Å². The van der Waals surface area contributed by atoms with Crippen molar-refractivity contribution in [1.82, 2.24) is 5.32 Å². The van der Waals surface area contributed by atoms with Gasteiger partial charge in [-0.2, -0.15) is 0 Å². The molecule has 1 rings (SSSR count). The van der Waals surface area contributed by atoms with Gasteiger partial charge in [-0.25, -0.2) is 8.42 Å². The fourth-order valence-electron chi connectivity index (χ4n) is 2.39. The van der Waals surface area contributed by atoms with Crippen molar-refractivity contribution in [2.45, 2.75) is 33.1 Å². The van der Waals surface area contributed by atoms with E-state index in [4.69, 9.17) is 4.74 Å². The first-order valence-electron chi connectivity index (χ1n) is 8.07. The number of rotatable bonds is 10. The third-order valence-corrected chi connectivity index (χ3v) is 5.04. The fraction of sp³-hybridized carbons (Fsp3) is 0.588. The van der Waals surface area contributed by atoms with E-state index in [-0.39, 0.29) is 12.5 Å². The van der Waals surface area contributed by atoms with Gasteiger partial charge in [-0.1, -0.05) is 12.1 Å². The molecule has 0 radical (unpaired) electrons. The van der Waals surface area contributed by atoms with Gasteiger partial charge in [-0.15, -0.1) is 0 Å². The number of methoxy groups -OCH3 is 1. The Morgan fingerprint density at radius 1 is 1.25 bits per heavy atom. The van der Waals surface area contributed by atoms with Crippen LogP contribution in [0.25, 0.3) is 0 Å². The van der Waals surface area contributed by atoms with E-state index in [1.165, 1.54) is 10.6 Å². The molecule has 0 aliphatic carbocycles. The summed E-state index contributed by atoms with van der Waals surface area (Å²) in [5, 5.41) is 2.80. The highest BCUT2D eigenvalue weighted by atomic mass is 32.2. The van der Waals surface area contributed by atoms with E-state index < -0.39 is 10.0 Å². The summed E-state index contributed by atoms with van der Waals surface area (Å²) < 4.78 is 30.6. The van der Waals surface area contributed by atoms with Crippen LogP contribution in [0.15, 0.2) is 18.2 Å². The highest BCUT2D eigenvalue weighted by Crippen LogP contribution is 2.25. The van der Waals surface area contributed by atoms with Crippen LogP contribution in [0.5, 0.6) is 0 Å². The van der Waals surface area contributed by atoms with E-state index in [9.17, 15) is 13.2 Å². The zero-order valence-corrected chi connectivity index (χ0v) is 15.8. The predicted octanol–water partition coefficient (Wildman–Crippen LogP) is 2.00. The number of ether oxygens (including phenoxy) is 1. The summed E-state index contributed by atoms with van der Waals surface area (Å²) >= 11 is 0. The Balaban J connectivity index is 2.63. The van der Waals surface area contributed by atoms with Crippen molar-refractivity contribution < 1.29 is 17.9 Å². The summed E-state index contributed by atoms with van der Waals surface area (Å²) in [7, 11) is -1.77. The maximum atomic E-state index is 12.1. The van der Waals surface area contributed by atoms with Crippen LogP contribution in [0.4, 0.5) is 5.69 Å². The number of hydrogen-bond donors (Lipinski definition) is 1. The molecule has 0 heterocycles. The fourth-order valence-corrected chi connectivity index (χ4v) is 3.40. The van der Waals surface area contributed by atoms with Crippen molar-refractivity contribution in [1.29, 1.82) is 0 Å². The Labute approximate surface area is 145 Å². The molecule has 0 unspecified atom stereocenters. The summed E-state index contributed by atoms with van der Waals surface area (Å²) in [5.41, 5.74) is 2.65. The molecular formula is C17H28N2O4S. The van der Waals surface area contributed by atoms with Gasteiger partial charge in [0.2, 0.25) is 15.9 Å². The molecule has 7 heteroatoms. The number of nitrogens with one attached hydrogen (secondary N) is 1. The van der Waals surface area contributed by atoms with Gasteiger partial charge in [0.15, 0.2) is 0 Å². The highest BCUT2D eigenvalue weighted by molar-refractivity contribution is 7.92. The number of anilines is 1. The number of hydrogen-bond acceptors (Lipinski definition) is 4. The summed E-state index contributed by atoms with van der Waals surface area (Å²) in [4.78, 5) is 11.8. The Morgan fingerprint density at radius 3 is 2.58 bits per heavy atom.